The molecule has 7 rings (SSSR count). The molecule has 0 saturated carbocycles. The lowest BCUT2D eigenvalue weighted by Gasteiger charge is -2.52. The number of Topliss-reactive ketones (excluding diaryl/α,β-unsaturated/α-hetero) is 1. The molecule has 2 atom stereocenters. The molecule has 212 valence electrons. The van der Waals surface area contributed by atoms with Crippen molar-refractivity contribution < 1.29 is 4.79 Å². The summed E-state index contributed by atoms with van der Waals surface area (Å²) in [6, 6.07) is 38.6. The number of likely N-dealkylation sites (N-methyl/N-ethyl adjacent to an activating group) is 1. The number of fused-ring (bicyclic) bond motifs is 3. The van der Waals surface area contributed by atoms with Crippen LogP contribution < -0.4 is 4.90 Å². The molecule has 2 unspecified atom stereocenters. The number of anilines is 1. The van der Waals surface area contributed by atoms with Crippen LogP contribution in [0.3, 0.4) is 0 Å². The second-order valence-electron chi connectivity index (χ2n) is 12.1. The van der Waals surface area contributed by atoms with Crippen molar-refractivity contribution in [3.8, 4) is 0 Å². The third kappa shape index (κ3) is 4.19. The Kier molecular flexibility index (Phi) is 6.61. The first-order valence-electron chi connectivity index (χ1n) is 14.5. The monoisotopic (exact) mass is 599 g/mol. The van der Waals surface area contributed by atoms with Gasteiger partial charge in [-0.3, -0.25) is 4.79 Å². The molecule has 5 aromatic rings. The van der Waals surface area contributed by atoms with Gasteiger partial charge in [-0.15, -0.1) is 0 Å². The minimum atomic E-state index is -0.745. The molecule has 1 heterocycles. The molecule has 1 aliphatic heterocycles. The molecule has 0 amide bonds. The van der Waals surface area contributed by atoms with Crippen molar-refractivity contribution in [2.75, 3.05) is 11.9 Å². The first kappa shape index (κ1) is 27.7. The number of hydrogen-bond donors (Lipinski definition) is 0. The number of allylic oxidation sites excluding steroid dienone is 2. The van der Waals surface area contributed by atoms with Crippen LogP contribution in [0.4, 0.5) is 5.69 Å². The van der Waals surface area contributed by atoms with E-state index < -0.39 is 16.9 Å². The first-order chi connectivity index (χ1) is 20.7. The third-order valence-corrected chi connectivity index (χ3v) is 10.1. The number of ketones is 1. The van der Waals surface area contributed by atoms with Crippen molar-refractivity contribution in [2.45, 2.75) is 24.8 Å². The van der Waals surface area contributed by atoms with Gasteiger partial charge in [-0.05, 0) is 93.2 Å². The number of carbonyl (C=O) groups excluding carboxylic acids is 1. The second-order valence-corrected chi connectivity index (χ2v) is 12.9. The molecule has 0 bridgehead atoms. The topological polar surface area (TPSA) is 20.3 Å². The summed E-state index contributed by atoms with van der Waals surface area (Å²) in [5.41, 5.74) is 5.95. The maximum absolute atomic E-state index is 15.0. The van der Waals surface area contributed by atoms with Gasteiger partial charge in [0.25, 0.3) is 0 Å². The molecule has 0 saturated heterocycles. The van der Waals surface area contributed by atoms with Crippen molar-refractivity contribution in [3.63, 3.8) is 0 Å². The minimum absolute atomic E-state index is 0.0650. The minimum Gasteiger partial charge on any atom is -0.363 e. The summed E-state index contributed by atoms with van der Waals surface area (Å²) in [6.07, 6.45) is 4.54. The number of carbonyl (C=O) groups is 1. The number of hydrogen-bond acceptors (Lipinski definition) is 2. The highest BCUT2D eigenvalue weighted by Gasteiger charge is 2.62. The molecule has 1 spiro atoms. The van der Waals surface area contributed by atoms with E-state index in [0.717, 1.165) is 28.0 Å². The summed E-state index contributed by atoms with van der Waals surface area (Å²) in [6.45, 7) is 4.60. The summed E-state index contributed by atoms with van der Waals surface area (Å²) in [4.78, 5) is 17.4. The Labute approximate surface area is 262 Å². The summed E-state index contributed by atoms with van der Waals surface area (Å²) < 4.78 is 0. The third-order valence-electron chi connectivity index (χ3n) is 9.56. The van der Waals surface area contributed by atoms with Crippen molar-refractivity contribution in [1.29, 1.82) is 0 Å². The van der Waals surface area contributed by atoms with Crippen molar-refractivity contribution in [2.24, 2.45) is 5.92 Å². The average Bonchev–Trinajstić information content (AvgIpc) is 3.19. The van der Waals surface area contributed by atoms with Crippen LogP contribution in [0.2, 0.25) is 10.0 Å². The van der Waals surface area contributed by atoms with E-state index in [0.29, 0.717) is 15.6 Å². The van der Waals surface area contributed by atoms with Gasteiger partial charge < -0.3 is 4.90 Å². The standard InChI is InChI=1S/C39H31Cl2NO/c1-38(2)35-32-12-8-7-11-27(32)17-22-34(35)42(3)39(38)24-29(25-13-18-30(40)19-14-25)23-33(26-9-5-4-6-10-26)36(39)37(43)28-15-20-31(41)21-16-28/h4-24,36H,1-3H3. The fourth-order valence-corrected chi connectivity index (χ4v) is 7.76. The largest absolute Gasteiger partial charge is 0.363 e. The Morgan fingerprint density at radius 3 is 2.05 bits per heavy atom. The molecule has 2 aliphatic rings. The SMILES string of the molecule is CN1c2ccc3ccccc3c2C(C)(C)C12C=C(c1ccc(Cl)cc1)C=C(c1ccccc1)C2C(=O)c1ccc(Cl)cc1. The Morgan fingerprint density at radius 2 is 1.35 bits per heavy atom. The summed E-state index contributed by atoms with van der Waals surface area (Å²) in [7, 11) is 2.15. The van der Waals surface area contributed by atoms with Crippen LogP contribution >= 0.6 is 23.2 Å². The molecular formula is C39H31Cl2NO. The second kappa shape index (κ2) is 10.3. The van der Waals surface area contributed by atoms with Crippen LogP contribution in [0.5, 0.6) is 0 Å². The highest BCUT2D eigenvalue weighted by molar-refractivity contribution is 6.31. The van der Waals surface area contributed by atoms with Crippen LogP contribution in [0.25, 0.3) is 21.9 Å². The maximum atomic E-state index is 15.0. The van der Waals surface area contributed by atoms with E-state index in [1.54, 1.807) is 12.1 Å². The van der Waals surface area contributed by atoms with Crippen LogP contribution in [-0.2, 0) is 5.41 Å². The first-order valence-corrected chi connectivity index (χ1v) is 15.3. The highest BCUT2D eigenvalue weighted by Crippen LogP contribution is 2.61. The number of nitrogens with zero attached hydrogens (tertiary/aromatic N) is 1. The Bertz CT molecular complexity index is 1940. The molecular weight excluding hydrogens is 569 g/mol. The van der Waals surface area contributed by atoms with Crippen LogP contribution in [0, 0.1) is 5.92 Å². The van der Waals surface area contributed by atoms with Gasteiger partial charge >= 0.3 is 0 Å². The van der Waals surface area contributed by atoms with E-state index in [1.165, 1.54) is 16.3 Å². The Balaban J connectivity index is 1.57. The smallest absolute Gasteiger partial charge is 0.173 e. The van der Waals surface area contributed by atoms with E-state index in [2.05, 4.69) is 98.6 Å². The fourth-order valence-electron chi connectivity index (χ4n) is 7.51. The predicted octanol–water partition coefficient (Wildman–Crippen LogP) is 10.3. The lowest BCUT2D eigenvalue weighted by Crippen LogP contribution is -2.61. The molecule has 0 aromatic heterocycles. The summed E-state index contributed by atoms with van der Waals surface area (Å²) in [5.74, 6) is -0.450. The number of benzene rings is 5. The normalized spacial score (nSPS) is 20.6. The predicted molar refractivity (Wildman–Crippen MR) is 181 cm³/mol. The summed E-state index contributed by atoms with van der Waals surface area (Å²) in [5, 5.41) is 3.70. The molecule has 4 heteroatoms. The molecule has 1 aliphatic carbocycles. The molecule has 2 nitrogen and oxygen atoms in total. The zero-order valence-electron chi connectivity index (χ0n) is 24.3. The van der Waals surface area contributed by atoms with E-state index in [-0.39, 0.29) is 5.78 Å². The molecule has 5 aromatic carbocycles. The van der Waals surface area contributed by atoms with Gasteiger partial charge in [0.2, 0.25) is 0 Å². The number of rotatable bonds is 4. The van der Waals surface area contributed by atoms with E-state index in [4.69, 9.17) is 23.2 Å². The fraction of sp³-hybridized carbons (Fsp3) is 0.154. The van der Waals surface area contributed by atoms with Gasteiger partial charge in [0.1, 0.15) is 0 Å². The molecule has 0 N–H and O–H groups in total. The maximum Gasteiger partial charge on any atom is 0.173 e. The summed E-state index contributed by atoms with van der Waals surface area (Å²) >= 11 is 12.6. The van der Waals surface area contributed by atoms with Crippen LogP contribution in [-0.4, -0.2) is 18.4 Å². The zero-order chi connectivity index (χ0) is 29.9. The molecule has 43 heavy (non-hydrogen) atoms. The van der Waals surface area contributed by atoms with Crippen LogP contribution in [0.15, 0.2) is 127 Å². The Morgan fingerprint density at radius 1 is 0.721 bits per heavy atom. The van der Waals surface area contributed by atoms with E-state index >= 15 is 4.79 Å². The van der Waals surface area contributed by atoms with Gasteiger partial charge in [-0.25, -0.2) is 0 Å². The van der Waals surface area contributed by atoms with E-state index in [9.17, 15) is 0 Å². The zero-order valence-corrected chi connectivity index (χ0v) is 25.8. The van der Waals surface area contributed by atoms with Gasteiger partial charge in [-0.1, -0.05) is 110 Å². The quantitative estimate of drug-likeness (QED) is 0.191. The van der Waals surface area contributed by atoms with Crippen molar-refractivity contribution >= 4 is 56.6 Å². The highest BCUT2D eigenvalue weighted by atomic mass is 35.5. The molecule has 0 fully saturated rings. The average molecular weight is 601 g/mol. The van der Waals surface area contributed by atoms with Crippen molar-refractivity contribution in [1.82, 2.24) is 0 Å². The number of halogens is 2. The van der Waals surface area contributed by atoms with Crippen LogP contribution in [0.1, 0.15) is 40.9 Å². The van der Waals surface area contributed by atoms with E-state index in [1.807, 2.05) is 42.5 Å². The molecule has 0 radical (unpaired) electrons. The van der Waals surface area contributed by atoms with Gasteiger partial charge in [0.15, 0.2) is 5.78 Å². The van der Waals surface area contributed by atoms with Gasteiger partial charge in [-0.2, -0.15) is 0 Å². The lowest BCUT2D eigenvalue weighted by atomic mass is 9.57. The van der Waals surface area contributed by atoms with Crippen molar-refractivity contribution in [3.05, 3.63) is 160 Å². The Hall–Kier alpha value is -4.11. The van der Waals surface area contributed by atoms with Gasteiger partial charge in [0, 0.05) is 33.8 Å². The van der Waals surface area contributed by atoms with Gasteiger partial charge in [0.05, 0.1) is 11.5 Å². The lowest BCUT2D eigenvalue weighted by molar-refractivity contribution is 0.0886.